The van der Waals surface area contributed by atoms with Crippen molar-refractivity contribution >= 4 is 16.8 Å². The third kappa shape index (κ3) is 3.78. The van der Waals surface area contributed by atoms with E-state index in [9.17, 15) is 4.79 Å². The van der Waals surface area contributed by atoms with Gasteiger partial charge >= 0.3 is 0 Å². The number of rotatable bonds is 5. The van der Waals surface area contributed by atoms with E-state index in [2.05, 4.69) is 51.0 Å². The van der Waals surface area contributed by atoms with Crippen LogP contribution in [-0.2, 0) is 17.9 Å². The average Bonchev–Trinajstić information content (AvgIpc) is 3.11. The summed E-state index contributed by atoms with van der Waals surface area (Å²) in [7, 11) is 0. The summed E-state index contributed by atoms with van der Waals surface area (Å²) in [6.07, 6.45) is 6.30. The van der Waals surface area contributed by atoms with Crippen molar-refractivity contribution in [2.75, 3.05) is 26.2 Å². The van der Waals surface area contributed by atoms with Crippen LogP contribution in [0.1, 0.15) is 12.0 Å². The first-order chi connectivity index (χ1) is 12.8. The average molecular weight is 348 g/mol. The molecule has 0 atom stereocenters. The Kier molecular flexibility index (Phi) is 4.97. The van der Waals surface area contributed by atoms with Gasteiger partial charge in [0.25, 0.3) is 0 Å². The third-order valence-corrected chi connectivity index (χ3v) is 5.13. The number of aryl methyl sites for hydroxylation is 1. The third-order valence-electron chi connectivity index (χ3n) is 5.13. The molecule has 1 amide bonds. The van der Waals surface area contributed by atoms with Crippen LogP contribution in [0.15, 0.2) is 61.1 Å². The number of nitrogens with zero attached hydrogens (tertiary/aromatic N) is 4. The number of carbonyl (C=O) groups excluding carboxylic acids is 1. The summed E-state index contributed by atoms with van der Waals surface area (Å²) in [6.45, 7) is 5.16. The lowest BCUT2D eigenvalue weighted by Gasteiger charge is -2.34. The topological polar surface area (TPSA) is 41.4 Å². The number of fused-ring (bicyclic) bond motifs is 1. The Hall–Kier alpha value is -2.66. The summed E-state index contributed by atoms with van der Waals surface area (Å²) >= 11 is 0. The molecule has 0 bridgehead atoms. The van der Waals surface area contributed by atoms with Gasteiger partial charge < -0.3 is 9.47 Å². The minimum absolute atomic E-state index is 0.256. The number of hydrogen-bond acceptors (Lipinski definition) is 3. The molecule has 5 nitrogen and oxygen atoms in total. The zero-order valence-corrected chi connectivity index (χ0v) is 14.9. The van der Waals surface area contributed by atoms with Gasteiger partial charge in [0.2, 0.25) is 5.91 Å². The summed E-state index contributed by atoms with van der Waals surface area (Å²) in [5.41, 5.74) is 2.47. The van der Waals surface area contributed by atoms with Gasteiger partial charge in [-0.05, 0) is 35.2 Å². The van der Waals surface area contributed by atoms with Crippen LogP contribution in [0, 0.1) is 0 Å². The first kappa shape index (κ1) is 16.8. The first-order valence-corrected chi connectivity index (χ1v) is 9.22. The summed E-state index contributed by atoms with van der Waals surface area (Å²) in [5.74, 6) is 0.256. The van der Waals surface area contributed by atoms with Gasteiger partial charge in [0.1, 0.15) is 0 Å². The van der Waals surface area contributed by atoms with E-state index in [1.807, 2.05) is 29.4 Å². The van der Waals surface area contributed by atoms with Crippen molar-refractivity contribution in [1.29, 1.82) is 0 Å². The van der Waals surface area contributed by atoms with Crippen molar-refractivity contribution < 1.29 is 4.79 Å². The Bertz CT molecular complexity index is 866. The molecule has 2 aromatic heterocycles. The van der Waals surface area contributed by atoms with E-state index < -0.39 is 0 Å². The molecule has 4 rings (SSSR count). The number of benzene rings is 1. The predicted molar refractivity (Wildman–Crippen MR) is 103 cm³/mol. The van der Waals surface area contributed by atoms with E-state index in [4.69, 9.17) is 0 Å². The van der Waals surface area contributed by atoms with Gasteiger partial charge in [-0.25, -0.2) is 0 Å². The molecule has 0 radical (unpaired) electrons. The molecule has 1 aliphatic heterocycles. The van der Waals surface area contributed by atoms with E-state index in [0.717, 1.165) is 39.3 Å². The van der Waals surface area contributed by atoms with Gasteiger partial charge in [-0.3, -0.25) is 14.7 Å². The summed E-state index contributed by atoms with van der Waals surface area (Å²) in [4.78, 5) is 21.1. The highest BCUT2D eigenvalue weighted by atomic mass is 16.2. The molecule has 1 saturated heterocycles. The quantitative estimate of drug-likeness (QED) is 0.712. The maximum absolute atomic E-state index is 12.6. The largest absolute Gasteiger partial charge is 0.347 e. The molecule has 1 aliphatic rings. The second-order valence-corrected chi connectivity index (χ2v) is 6.83. The number of hydrogen-bond donors (Lipinski definition) is 0. The maximum atomic E-state index is 12.6. The van der Waals surface area contributed by atoms with Crippen molar-refractivity contribution in [3.63, 3.8) is 0 Å². The molecular formula is C21H24N4O. The van der Waals surface area contributed by atoms with E-state index in [1.54, 1.807) is 0 Å². The molecule has 1 fully saturated rings. The van der Waals surface area contributed by atoms with Crippen LogP contribution in [0.25, 0.3) is 10.9 Å². The Morgan fingerprint density at radius 1 is 0.962 bits per heavy atom. The second kappa shape index (κ2) is 7.70. The second-order valence-electron chi connectivity index (χ2n) is 6.83. The van der Waals surface area contributed by atoms with Crippen molar-refractivity contribution in [3.05, 3.63) is 66.6 Å². The van der Waals surface area contributed by atoms with Crippen LogP contribution >= 0.6 is 0 Å². The maximum Gasteiger partial charge on any atom is 0.224 e. The van der Waals surface area contributed by atoms with Gasteiger partial charge in [0.05, 0.1) is 0 Å². The number of aromatic nitrogens is 2. The van der Waals surface area contributed by atoms with Crippen molar-refractivity contribution in [3.8, 4) is 0 Å². The minimum atomic E-state index is 0.256. The number of pyridine rings is 1. The summed E-state index contributed by atoms with van der Waals surface area (Å²) in [5, 5.41) is 1.23. The Balaban J connectivity index is 1.27. The standard InChI is InChI=1S/C21H24N4O/c26-21(8-12-24-11-7-19-3-1-2-4-20(19)24)25-15-13-23(14-16-25)17-18-5-9-22-10-6-18/h1-7,9-11H,8,12-17H2. The van der Waals surface area contributed by atoms with Crippen LogP contribution in [0.4, 0.5) is 0 Å². The number of carbonyl (C=O) groups is 1. The van der Waals surface area contributed by atoms with Crippen LogP contribution in [0.5, 0.6) is 0 Å². The zero-order chi connectivity index (χ0) is 17.8. The molecule has 3 aromatic rings. The molecule has 0 unspecified atom stereocenters. The number of amides is 1. The van der Waals surface area contributed by atoms with Gasteiger partial charge in [0.15, 0.2) is 0 Å². The molecule has 1 aromatic carbocycles. The van der Waals surface area contributed by atoms with Gasteiger partial charge in [0, 0.05) is 69.8 Å². The molecule has 0 N–H and O–H groups in total. The molecule has 5 heteroatoms. The molecule has 0 spiro atoms. The van der Waals surface area contributed by atoms with Crippen molar-refractivity contribution in [2.45, 2.75) is 19.5 Å². The molecule has 134 valence electrons. The highest BCUT2D eigenvalue weighted by Gasteiger charge is 2.21. The van der Waals surface area contributed by atoms with Crippen LogP contribution in [-0.4, -0.2) is 51.4 Å². The zero-order valence-electron chi connectivity index (χ0n) is 14.9. The Morgan fingerprint density at radius 2 is 1.73 bits per heavy atom. The van der Waals surface area contributed by atoms with Gasteiger partial charge in [-0.15, -0.1) is 0 Å². The predicted octanol–water partition coefficient (Wildman–Crippen LogP) is 2.77. The van der Waals surface area contributed by atoms with E-state index in [1.165, 1.54) is 16.5 Å². The van der Waals surface area contributed by atoms with E-state index >= 15 is 0 Å². The Morgan fingerprint density at radius 3 is 2.54 bits per heavy atom. The molecule has 0 aliphatic carbocycles. The highest BCUT2D eigenvalue weighted by molar-refractivity contribution is 5.80. The van der Waals surface area contributed by atoms with Gasteiger partial charge in [-0.2, -0.15) is 0 Å². The fraction of sp³-hybridized carbons (Fsp3) is 0.333. The minimum Gasteiger partial charge on any atom is -0.347 e. The lowest BCUT2D eigenvalue weighted by atomic mass is 10.2. The fourth-order valence-corrected chi connectivity index (χ4v) is 3.61. The lowest BCUT2D eigenvalue weighted by Crippen LogP contribution is -2.48. The monoisotopic (exact) mass is 348 g/mol. The fourth-order valence-electron chi connectivity index (χ4n) is 3.61. The number of para-hydroxylation sites is 1. The molecule has 0 saturated carbocycles. The summed E-state index contributed by atoms with van der Waals surface area (Å²) in [6, 6.07) is 14.5. The van der Waals surface area contributed by atoms with Gasteiger partial charge in [-0.1, -0.05) is 18.2 Å². The number of piperazine rings is 1. The van der Waals surface area contributed by atoms with E-state index in [-0.39, 0.29) is 5.91 Å². The SMILES string of the molecule is O=C(CCn1ccc2ccccc21)N1CCN(Cc2ccncc2)CC1. The lowest BCUT2D eigenvalue weighted by molar-refractivity contribution is -0.133. The van der Waals surface area contributed by atoms with E-state index in [0.29, 0.717) is 6.42 Å². The molecule has 26 heavy (non-hydrogen) atoms. The first-order valence-electron chi connectivity index (χ1n) is 9.22. The van der Waals surface area contributed by atoms with Crippen LogP contribution in [0.3, 0.4) is 0 Å². The molecular weight excluding hydrogens is 324 g/mol. The Labute approximate surface area is 153 Å². The summed E-state index contributed by atoms with van der Waals surface area (Å²) < 4.78 is 2.17. The highest BCUT2D eigenvalue weighted by Crippen LogP contribution is 2.16. The van der Waals surface area contributed by atoms with Crippen LogP contribution < -0.4 is 0 Å². The normalized spacial score (nSPS) is 15.5. The van der Waals surface area contributed by atoms with Crippen LogP contribution in [0.2, 0.25) is 0 Å². The smallest absolute Gasteiger partial charge is 0.224 e. The van der Waals surface area contributed by atoms with Crippen molar-refractivity contribution in [1.82, 2.24) is 19.4 Å². The van der Waals surface area contributed by atoms with Crippen molar-refractivity contribution in [2.24, 2.45) is 0 Å². The molecule has 3 heterocycles.